The average Bonchev–Trinajstić information content (AvgIpc) is 2.53. The van der Waals surface area contributed by atoms with Crippen molar-refractivity contribution in [2.45, 2.75) is 25.8 Å². The number of piperidine rings is 1. The third-order valence-corrected chi connectivity index (χ3v) is 3.77. The van der Waals surface area contributed by atoms with Gasteiger partial charge in [-0.25, -0.2) is 4.79 Å². The van der Waals surface area contributed by atoms with Gasteiger partial charge < -0.3 is 14.2 Å². The molecule has 0 saturated carbocycles. The van der Waals surface area contributed by atoms with Gasteiger partial charge in [0.2, 0.25) is 5.91 Å². The van der Waals surface area contributed by atoms with Gasteiger partial charge in [-0.05, 0) is 12.8 Å². The Bertz CT molecular complexity index is 663. The number of hydrogen-bond donors (Lipinski definition) is 1. The zero-order chi connectivity index (χ0) is 16.1. The van der Waals surface area contributed by atoms with Gasteiger partial charge in [0.05, 0.1) is 13.0 Å². The fraction of sp³-hybridized carbons (Fsp3) is 0.571. The Morgan fingerprint density at radius 3 is 2.86 bits per heavy atom. The smallest absolute Gasteiger partial charge is 0.328 e. The summed E-state index contributed by atoms with van der Waals surface area (Å²) in [4.78, 5) is 50.0. The molecule has 1 unspecified atom stereocenters. The number of nitrogens with zero attached hydrogens (tertiary/aromatic N) is 2. The fourth-order valence-corrected chi connectivity index (χ4v) is 2.56. The van der Waals surface area contributed by atoms with Crippen LogP contribution in [-0.2, 0) is 20.9 Å². The van der Waals surface area contributed by atoms with Crippen LogP contribution in [0.5, 0.6) is 0 Å². The Morgan fingerprint density at radius 1 is 1.41 bits per heavy atom. The van der Waals surface area contributed by atoms with Crippen molar-refractivity contribution >= 4 is 11.9 Å². The van der Waals surface area contributed by atoms with Gasteiger partial charge in [0, 0.05) is 38.3 Å². The van der Waals surface area contributed by atoms with E-state index in [0.717, 1.165) is 12.8 Å². The minimum atomic E-state index is -0.536. The van der Waals surface area contributed by atoms with Crippen LogP contribution >= 0.6 is 0 Å². The molecule has 1 aromatic rings. The Balaban J connectivity index is 1.93. The van der Waals surface area contributed by atoms with Gasteiger partial charge in [-0.15, -0.1) is 0 Å². The molecule has 1 saturated heterocycles. The number of aromatic amines is 1. The Labute approximate surface area is 126 Å². The summed E-state index contributed by atoms with van der Waals surface area (Å²) in [6.45, 7) is 1.15. The molecule has 0 aromatic carbocycles. The monoisotopic (exact) mass is 309 g/mol. The fourth-order valence-electron chi connectivity index (χ4n) is 2.56. The summed E-state index contributed by atoms with van der Waals surface area (Å²) < 4.78 is 6.00. The molecule has 8 nitrogen and oxygen atoms in total. The van der Waals surface area contributed by atoms with Crippen molar-refractivity contribution in [3.05, 3.63) is 33.1 Å². The number of carbonyl (C=O) groups is 2. The zero-order valence-electron chi connectivity index (χ0n) is 12.4. The molecule has 1 atom stereocenters. The summed E-state index contributed by atoms with van der Waals surface area (Å²) in [6.07, 6.45) is 2.97. The van der Waals surface area contributed by atoms with E-state index in [2.05, 4.69) is 4.98 Å². The second-order valence-corrected chi connectivity index (χ2v) is 5.26. The standard InChI is InChI=1S/C14H19N3O5/c1-22-13(20)10-3-2-6-17(9-10)12(19)5-8-16-7-4-11(18)15-14(16)21/h4,7,10H,2-3,5-6,8-9H2,1H3,(H,15,18,21). The van der Waals surface area contributed by atoms with Crippen LogP contribution in [0.2, 0.25) is 0 Å². The SMILES string of the molecule is COC(=O)C1CCCN(C(=O)CCn2ccc(=O)[nH]c2=O)C1. The molecule has 0 spiro atoms. The molecule has 22 heavy (non-hydrogen) atoms. The van der Waals surface area contributed by atoms with Crippen LogP contribution in [0.4, 0.5) is 0 Å². The molecule has 2 heterocycles. The van der Waals surface area contributed by atoms with E-state index in [1.54, 1.807) is 4.90 Å². The summed E-state index contributed by atoms with van der Waals surface area (Å²) in [5.74, 6) is -0.695. The van der Waals surface area contributed by atoms with Crippen LogP contribution in [0.1, 0.15) is 19.3 Å². The first-order valence-corrected chi connectivity index (χ1v) is 7.16. The van der Waals surface area contributed by atoms with Crippen molar-refractivity contribution in [1.82, 2.24) is 14.5 Å². The van der Waals surface area contributed by atoms with Crippen molar-refractivity contribution in [2.75, 3.05) is 20.2 Å². The van der Waals surface area contributed by atoms with Crippen LogP contribution in [0.3, 0.4) is 0 Å². The maximum absolute atomic E-state index is 12.2. The number of ether oxygens (including phenoxy) is 1. The Kier molecular flexibility index (Phi) is 5.13. The van der Waals surface area contributed by atoms with Crippen molar-refractivity contribution < 1.29 is 14.3 Å². The minimum Gasteiger partial charge on any atom is -0.469 e. The molecule has 1 N–H and O–H groups in total. The van der Waals surface area contributed by atoms with Gasteiger partial charge in [-0.1, -0.05) is 0 Å². The largest absolute Gasteiger partial charge is 0.469 e. The number of H-pyrrole nitrogens is 1. The number of esters is 1. The van der Waals surface area contributed by atoms with Crippen LogP contribution in [0.15, 0.2) is 21.9 Å². The normalized spacial score (nSPS) is 18.0. The molecule has 8 heteroatoms. The summed E-state index contributed by atoms with van der Waals surface area (Å²) in [7, 11) is 1.34. The number of carbonyl (C=O) groups excluding carboxylic acids is 2. The highest BCUT2D eigenvalue weighted by Crippen LogP contribution is 2.18. The predicted molar refractivity (Wildman–Crippen MR) is 77.3 cm³/mol. The summed E-state index contributed by atoms with van der Waals surface area (Å²) >= 11 is 0. The van der Waals surface area contributed by atoms with E-state index < -0.39 is 11.2 Å². The minimum absolute atomic E-state index is 0.119. The van der Waals surface area contributed by atoms with E-state index in [0.29, 0.717) is 13.1 Å². The molecule has 0 bridgehead atoms. The van der Waals surface area contributed by atoms with E-state index in [-0.39, 0.29) is 30.8 Å². The first kappa shape index (κ1) is 16.0. The highest BCUT2D eigenvalue weighted by molar-refractivity contribution is 5.78. The number of likely N-dealkylation sites (tertiary alicyclic amines) is 1. The lowest BCUT2D eigenvalue weighted by Gasteiger charge is -2.31. The average molecular weight is 309 g/mol. The molecule has 2 rings (SSSR count). The first-order valence-electron chi connectivity index (χ1n) is 7.16. The first-order chi connectivity index (χ1) is 10.5. The van der Waals surface area contributed by atoms with Gasteiger partial charge in [0.15, 0.2) is 0 Å². The van der Waals surface area contributed by atoms with Gasteiger partial charge in [-0.2, -0.15) is 0 Å². The predicted octanol–water partition coefficient (Wildman–Crippen LogP) is -0.662. The highest BCUT2D eigenvalue weighted by Gasteiger charge is 2.28. The molecule has 1 amide bonds. The molecule has 1 fully saturated rings. The quantitative estimate of drug-likeness (QED) is 0.744. The molecule has 120 valence electrons. The second kappa shape index (κ2) is 7.06. The number of aryl methyl sites for hydroxylation is 1. The summed E-state index contributed by atoms with van der Waals surface area (Å²) in [5.41, 5.74) is -1.00. The zero-order valence-corrected chi connectivity index (χ0v) is 12.4. The topological polar surface area (TPSA) is 101 Å². The lowest BCUT2D eigenvalue weighted by Crippen LogP contribution is -2.43. The number of aromatic nitrogens is 2. The Hall–Kier alpha value is -2.38. The number of hydrogen-bond acceptors (Lipinski definition) is 5. The van der Waals surface area contributed by atoms with E-state index in [4.69, 9.17) is 4.74 Å². The van der Waals surface area contributed by atoms with Crippen LogP contribution in [-0.4, -0.2) is 46.5 Å². The molecule has 1 aliphatic heterocycles. The van der Waals surface area contributed by atoms with Gasteiger partial charge >= 0.3 is 11.7 Å². The molecule has 0 radical (unpaired) electrons. The maximum Gasteiger partial charge on any atom is 0.328 e. The summed E-state index contributed by atoms with van der Waals surface area (Å²) in [6, 6.07) is 1.24. The highest BCUT2D eigenvalue weighted by atomic mass is 16.5. The lowest BCUT2D eigenvalue weighted by molar-refractivity contribution is -0.149. The van der Waals surface area contributed by atoms with Gasteiger partial charge in [-0.3, -0.25) is 19.4 Å². The summed E-state index contributed by atoms with van der Waals surface area (Å²) in [5, 5.41) is 0. The molecule has 1 aromatic heterocycles. The Morgan fingerprint density at radius 2 is 2.18 bits per heavy atom. The maximum atomic E-state index is 12.2. The second-order valence-electron chi connectivity index (χ2n) is 5.26. The van der Waals surface area contributed by atoms with Crippen LogP contribution < -0.4 is 11.2 Å². The molecular formula is C14H19N3O5. The molecule has 1 aliphatic rings. The van der Waals surface area contributed by atoms with Crippen molar-refractivity contribution in [3.63, 3.8) is 0 Å². The van der Waals surface area contributed by atoms with Gasteiger partial charge in [0.25, 0.3) is 5.56 Å². The van der Waals surface area contributed by atoms with E-state index in [1.165, 1.54) is 23.9 Å². The van der Waals surface area contributed by atoms with Crippen LogP contribution in [0, 0.1) is 5.92 Å². The van der Waals surface area contributed by atoms with Crippen molar-refractivity contribution in [2.24, 2.45) is 5.92 Å². The van der Waals surface area contributed by atoms with Gasteiger partial charge in [0.1, 0.15) is 0 Å². The molecule has 0 aliphatic carbocycles. The number of nitrogens with one attached hydrogen (secondary N) is 1. The van der Waals surface area contributed by atoms with E-state index in [9.17, 15) is 19.2 Å². The van der Waals surface area contributed by atoms with E-state index in [1.807, 2.05) is 0 Å². The lowest BCUT2D eigenvalue weighted by atomic mass is 9.98. The third kappa shape index (κ3) is 3.84. The third-order valence-electron chi connectivity index (χ3n) is 3.77. The van der Waals surface area contributed by atoms with E-state index >= 15 is 0 Å². The van der Waals surface area contributed by atoms with Crippen molar-refractivity contribution in [3.8, 4) is 0 Å². The van der Waals surface area contributed by atoms with Crippen molar-refractivity contribution in [1.29, 1.82) is 0 Å². The number of methoxy groups -OCH3 is 1. The number of rotatable bonds is 4. The van der Waals surface area contributed by atoms with Crippen LogP contribution in [0.25, 0.3) is 0 Å². The number of amides is 1. The molecular weight excluding hydrogens is 290 g/mol.